The zero-order valence-electron chi connectivity index (χ0n) is 12.1. The Morgan fingerprint density at radius 3 is 2.50 bits per heavy atom. The molecule has 0 unspecified atom stereocenters. The molecule has 0 aliphatic carbocycles. The number of aliphatic carboxylic acids is 1. The highest BCUT2D eigenvalue weighted by Gasteiger charge is 2.33. The van der Waals surface area contributed by atoms with E-state index in [0.29, 0.717) is 0 Å². The number of carboxylic acids is 1. The first-order chi connectivity index (χ1) is 10.4. The number of rotatable bonds is 4. The van der Waals surface area contributed by atoms with Crippen molar-refractivity contribution in [2.75, 3.05) is 25.5 Å². The Hall–Kier alpha value is -1.93. The minimum absolute atomic E-state index is 0.0230. The van der Waals surface area contributed by atoms with Crippen molar-refractivity contribution in [1.82, 2.24) is 4.90 Å². The van der Waals surface area contributed by atoms with Gasteiger partial charge in [-0.15, -0.1) is 0 Å². The van der Waals surface area contributed by atoms with Crippen LogP contribution in [0.3, 0.4) is 0 Å². The maximum atomic E-state index is 12.4. The molecule has 120 valence electrons. The third kappa shape index (κ3) is 3.28. The van der Waals surface area contributed by atoms with Gasteiger partial charge in [-0.25, -0.2) is 13.2 Å². The van der Waals surface area contributed by atoms with Crippen LogP contribution in [0.25, 0.3) is 0 Å². The highest BCUT2D eigenvalue weighted by Crippen LogP contribution is 2.16. The van der Waals surface area contributed by atoms with Gasteiger partial charge in [-0.1, -0.05) is 6.92 Å². The molecule has 2 rings (SSSR count). The molecule has 1 saturated heterocycles. The Bertz CT molecular complexity index is 667. The van der Waals surface area contributed by atoms with Crippen LogP contribution in [0.15, 0.2) is 29.2 Å². The zero-order chi connectivity index (χ0) is 16.3. The van der Waals surface area contributed by atoms with E-state index in [9.17, 15) is 18.0 Å². The van der Waals surface area contributed by atoms with E-state index in [1.54, 1.807) is 6.92 Å². The third-order valence-electron chi connectivity index (χ3n) is 3.51. The van der Waals surface area contributed by atoms with Gasteiger partial charge in [0.2, 0.25) is 0 Å². The summed E-state index contributed by atoms with van der Waals surface area (Å²) in [5.74, 6) is -1.60. The number of amides is 1. The molecule has 1 aliphatic rings. The number of carbonyl (C=O) groups is 2. The highest BCUT2D eigenvalue weighted by molar-refractivity contribution is 7.91. The van der Waals surface area contributed by atoms with Gasteiger partial charge in [-0.05, 0) is 24.3 Å². The molecule has 1 aromatic rings. The Kier molecular flexibility index (Phi) is 4.82. The monoisotopic (exact) mass is 327 g/mol. The number of carbonyl (C=O) groups excluding carboxylic acids is 1. The fourth-order valence-corrected chi connectivity index (χ4v) is 3.07. The van der Waals surface area contributed by atoms with Gasteiger partial charge >= 0.3 is 5.97 Å². The molecule has 1 fully saturated rings. The average molecular weight is 327 g/mol. The van der Waals surface area contributed by atoms with Crippen LogP contribution in [0, 0.1) is 0 Å². The topological polar surface area (TPSA) is 101 Å². The Balaban J connectivity index is 2.24. The molecular weight excluding hydrogens is 310 g/mol. The summed E-state index contributed by atoms with van der Waals surface area (Å²) >= 11 is 0. The molecule has 0 spiro atoms. The number of benzene rings is 1. The van der Waals surface area contributed by atoms with Crippen LogP contribution in [0.4, 0.5) is 0 Å². The number of carboxylic acid groups (broad SMARTS) is 1. The van der Waals surface area contributed by atoms with Crippen LogP contribution in [0.2, 0.25) is 0 Å². The van der Waals surface area contributed by atoms with Crippen LogP contribution in [0.5, 0.6) is 0 Å². The molecule has 8 heteroatoms. The molecule has 0 aromatic heterocycles. The third-order valence-corrected chi connectivity index (χ3v) is 5.27. The molecule has 1 amide bonds. The van der Waals surface area contributed by atoms with Crippen molar-refractivity contribution in [3.05, 3.63) is 29.8 Å². The number of hydrogen-bond acceptors (Lipinski definition) is 5. The van der Waals surface area contributed by atoms with E-state index in [1.807, 2.05) is 0 Å². The van der Waals surface area contributed by atoms with Crippen molar-refractivity contribution in [2.24, 2.45) is 0 Å². The van der Waals surface area contributed by atoms with E-state index in [2.05, 4.69) is 0 Å². The molecular formula is C14H17NO6S. The summed E-state index contributed by atoms with van der Waals surface area (Å²) in [6.07, 6.45) is 0. The maximum absolute atomic E-state index is 12.4. The SMILES string of the molecule is CCS(=O)(=O)c1ccc(C(=O)N2CCOC[C@@H]2C(=O)O)cc1. The van der Waals surface area contributed by atoms with E-state index in [1.165, 1.54) is 29.2 Å². The first-order valence-corrected chi connectivity index (χ1v) is 8.46. The van der Waals surface area contributed by atoms with E-state index in [0.717, 1.165) is 0 Å². The lowest BCUT2D eigenvalue weighted by Gasteiger charge is -2.32. The number of ether oxygens (including phenoxy) is 1. The van der Waals surface area contributed by atoms with Crippen LogP contribution >= 0.6 is 0 Å². The molecule has 0 saturated carbocycles. The minimum Gasteiger partial charge on any atom is -0.480 e. The molecule has 1 aromatic carbocycles. The van der Waals surface area contributed by atoms with E-state index in [-0.39, 0.29) is 36.0 Å². The van der Waals surface area contributed by atoms with E-state index >= 15 is 0 Å². The van der Waals surface area contributed by atoms with Crippen molar-refractivity contribution < 1.29 is 27.9 Å². The van der Waals surface area contributed by atoms with Crippen molar-refractivity contribution in [1.29, 1.82) is 0 Å². The Labute approximate surface area is 128 Å². The predicted molar refractivity (Wildman–Crippen MR) is 77.4 cm³/mol. The minimum atomic E-state index is -3.33. The molecule has 0 radical (unpaired) electrons. The van der Waals surface area contributed by atoms with Gasteiger partial charge in [-0.2, -0.15) is 0 Å². The summed E-state index contributed by atoms with van der Waals surface area (Å²) in [6.45, 7) is 1.95. The first kappa shape index (κ1) is 16.4. The maximum Gasteiger partial charge on any atom is 0.328 e. The first-order valence-electron chi connectivity index (χ1n) is 6.81. The molecule has 22 heavy (non-hydrogen) atoms. The fraction of sp³-hybridized carbons (Fsp3) is 0.429. The predicted octanol–water partition coefficient (Wildman–Crippen LogP) is 0.406. The summed E-state index contributed by atoms with van der Waals surface area (Å²) in [6, 6.07) is 4.50. The van der Waals surface area contributed by atoms with Gasteiger partial charge in [0.25, 0.3) is 5.91 Å². The van der Waals surface area contributed by atoms with Crippen molar-refractivity contribution in [2.45, 2.75) is 17.9 Å². The second-order valence-electron chi connectivity index (χ2n) is 4.86. The second-order valence-corrected chi connectivity index (χ2v) is 7.13. The van der Waals surface area contributed by atoms with Gasteiger partial charge in [0.05, 0.1) is 23.9 Å². The zero-order valence-corrected chi connectivity index (χ0v) is 12.9. The average Bonchev–Trinajstić information content (AvgIpc) is 2.54. The van der Waals surface area contributed by atoms with Crippen LogP contribution in [-0.4, -0.2) is 61.9 Å². The Morgan fingerprint density at radius 2 is 1.95 bits per heavy atom. The van der Waals surface area contributed by atoms with Crippen LogP contribution in [0.1, 0.15) is 17.3 Å². The van der Waals surface area contributed by atoms with E-state index in [4.69, 9.17) is 9.84 Å². The summed E-state index contributed by atoms with van der Waals surface area (Å²) in [5, 5.41) is 9.13. The van der Waals surface area contributed by atoms with Crippen molar-refractivity contribution >= 4 is 21.7 Å². The molecule has 1 atom stereocenters. The van der Waals surface area contributed by atoms with Crippen molar-refractivity contribution in [3.63, 3.8) is 0 Å². The second kappa shape index (κ2) is 6.45. The molecule has 7 nitrogen and oxygen atoms in total. The molecule has 0 bridgehead atoms. The smallest absolute Gasteiger partial charge is 0.328 e. The lowest BCUT2D eigenvalue weighted by atomic mass is 10.1. The standard InChI is InChI=1S/C14H17NO6S/c1-2-22(19,20)11-5-3-10(4-6-11)13(16)15-7-8-21-9-12(15)14(17)18/h3-6,12H,2,7-9H2,1H3,(H,17,18)/t12-/m1/s1. The molecule has 1 N–H and O–H groups in total. The van der Waals surface area contributed by atoms with Gasteiger partial charge < -0.3 is 14.7 Å². The summed E-state index contributed by atoms with van der Waals surface area (Å²) in [7, 11) is -3.33. The quantitative estimate of drug-likeness (QED) is 0.859. The fourth-order valence-electron chi connectivity index (χ4n) is 2.19. The Morgan fingerprint density at radius 1 is 1.32 bits per heavy atom. The summed E-state index contributed by atoms with van der Waals surface area (Å²) in [5.41, 5.74) is 0.253. The normalized spacial score (nSPS) is 19.0. The molecule has 1 heterocycles. The van der Waals surface area contributed by atoms with Gasteiger partial charge in [0.15, 0.2) is 15.9 Å². The number of morpholine rings is 1. The van der Waals surface area contributed by atoms with E-state index < -0.39 is 27.8 Å². The van der Waals surface area contributed by atoms with Crippen molar-refractivity contribution in [3.8, 4) is 0 Å². The summed E-state index contributed by atoms with van der Waals surface area (Å²) in [4.78, 5) is 24.9. The lowest BCUT2D eigenvalue weighted by molar-refractivity contribution is -0.147. The van der Waals surface area contributed by atoms with Gasteiger partial charge in [-0.3, -0.25) is 4.79 Å². The van der Waals surface area contributed by atoms with Crippen LogP contribution in [-0.2, 0) is 19.4 Å². The largest absolute Gasteiger partial charge is 0.480 e. The van der Waals surface area contributed by atoms with Gasteiger partial charge in [0.1, 0.15) is 0 Å². The van der Waals surface area contributed by atoms with Crippen LogP contribution < -0.4 is 0 Å². The summed E-state index contributed by atoms with van der Waals surface area (Å²) < 4.78 is 28.6. The number of nitrogens with zero attached hydrogens (tertiary/aromatic N) is 1. The molecule has 1 aliphatic heterocycles. The highest BCUT2D eigenvalue weighted by atomic mass is 32.2. The number of hydrogen-bond donors (Lipinski definition) is 1. The van der Waals surface area contributed by atoms with Gasteiger partial charge in [0, 0.05) is 12.1 Å². The number of sulfone groups is 1. The lowest BCUT2D eigenvalue weighted by Crippen LogP contribution is -2.52.